The third kappa shape index (κ3) is 5.68. The van der Waals surface area contributed by atoms with Gasteiger partial charge in [0.15, 0.2) is 5.13 Å². The molecule has 0 radical (unpaired) electrons. The molecule has 1 atom stereocenters. The van der Waals surface area contributed by atoms with Crippen molar-refractivity contribution in [3.05, 3.63) is 28.6 Å². The number of nitrogens with one attached hydrogen (secondary N) is 3. The molecule has 0 spiro atoms. The Morgan fingerprint density at radius 2 is 2.48 bits per heavy atom. The van der Waals surface area contributed by atoms with E-state index in [-0.39, 0.29) is 11.9 Å². The van der Waals surface area contributed by atoms with E-state index in [1.165, 1.54) is 17.5 Å². The molecule has 0 bridgehead atoms. The minimum absolute atomic E-state index is 0.0905. The second-order valence-electron chi connectivity index (χ2n) is 5.12. The number of amides is 1. The Labute approximate surface area is 138 Å². The van der Waals surface area contributed by atoms with Crippen molar-refractivity contribution >= 4 is 28.2 Å². The van der Waals surface area contributed by atoms with Gasteiger partial charge in [0, 0.05) is 25.6 Å². The summed E-state index contributed by atoms with van der Waals surface area (Å²) in [5.74, 6) is 0.760. The molecule has 1 aromatic heterocycles. The van der Waals surface area contributed by atoms with Crippen LogP contribution in [-0.2, 0) is 4.79 Å². The van der Waals surface area contributed by atoms with Gasteiger partial charge in [-0.05, 0) is 19.4 Å². The summed E-state index contributed by atoms with van der Waals surface area (Å²) in [5.41, 5.74) is 4.08. The van der Waals surface area contributed by atoms with Gasteiger partial charge in [0.1, 0.15) is 16.8 Å². The zero-order valence-corrected chi connectivity index (χ0v) is 13.8. The molecule has 1 fully saturated rings. The van der Waals surface area contributed by atoms with E-state index in [0.29, 0.717) is 35.4 Å². The van der Waals surface area contributed by atoms with Crippen LogP contribution in [-0.4, -0.2) is 35.9 Å². The van der Waals surface area contributed by atoms with Gasteiger partial charge in [0.05, 0.1) is 12.4 Å². The third-order valence-electron chi connectivity index (χ3n) is 3.11. The molecule has 1 aromatic rings. The Morgan fingerprint density at radius 1 is 1.65 bits per heavy atom. The van der Waals surface area contributed by atoms with Crippen molar-refractivity contribution < 1.29 is 4.79 Å². The lowest BCUT2D eigenvalue weighted by Crippen LogP contribution is -2.31. The molecule has 120 valence electrons. The van der Waals surface area contributed by atoms with Crippen molar-refractivity contribution in [3.8, 4) is 6.07 Å². The number of rotatable bonds is 5. The first kappa shape index (κ1) is 16.9. The van der Waals surface area contributed by atoms with Crippen LogP contribution in [0.3, 0.4) is 0 Å². The van der Waals surface area contributed by atoms with Crippen molar-refractivity contribution in [3.63, 3.8) is 0 Å². The summed E-state index contributed by atoms with van der Waals surface area (Å²) < 4.78 is 0. The SMILES string of the molecule is CC(=C=CN=C(C)Nc1ncc(C#N)s1)CN[C@@H]1CNC(=O)C1. The molecular formula is C15H18N6OS. The maximum atomic E-state index is 11.1. The molecule has 23 heavy (non-hydrogen) atoms. The molecule has 0 aromatic carbocycles. The number of nitriles is 1. The van der Waals surface area contributed by atoms with E-state index in [2.05, 4.69) is 31.7 Å². The fourth-order valence-corrected chi connectivity index (χ4v) is 2.57. The van der Waals surface area contributed by atoms with Crippen molar-refractivity contribution in [2.45, 2.75) is 26.3 Å². The number of hydrogen-bond donors (Lipinski definition) is 3. The highest BCUT2D eigenvalue weighted by atomic mass is 32.1. The summed E-state index contributed by atoms with van der Waals surface area (Å²) in [7, 11) is 0. The highest BCUT2D eigenvalue weighted by Gasteiger charge is 2.20. The summed E-state index contributed by atoms with van der Waals surface area (Å²) in [4.78, 5) is 19.9. The smallest absolute Gasteiger partial charge is 0.221 e. The molecule has 1 saturated heterocycles. The Bertz CT molecular complexity index is 708. The van der Waals surface area contributed by atoms with Gasteiger partial charge >= 0.3 is 0 Å². The molecule has 3 N–H and O–H groups in total. The van der Waals surface area contributed by atoms with E-state index in [9.17, 15) is 4.79 Å². The molecule has 8 heteroatoms. The Balaban J connectivity index is 1.82. The number of hydrogen-bond acceptors (Lipinski definition) is 6. The van der Waals surface area contributed by atoms with Crippen molar-refractivity contribution in [2.24, 2.45) is 4.99 Å². The lowest BCUT2D eigenvalue weighted by Gasteiger charge is -2.08. The van der Waals surface area contributed by atoms with Crippen molar-refractivity contribution in [2.75, 3.05) is 18.4 Å². The van der Waals surface area contributed by atoms with Crippen LogP contribution < -0.4 is 16.0 Å². The van der Waals surface area contributed by atoms with E-state index in [0.717, 1.165) is 5.57 Å². The number of aromatic nitrogens is 1. The number of carbonyl (C=O) groups is 1. The van der Waals surface area contributed by atoms with Crippen LogP contribution in [0.5, 0.6) is 0 Å². The van der Waals surface area contributed by atoms with Gasteiger partial charge in [-0.2, -0.15) is 5.26 Å². The van der Waals surface area contributed by atoms with Crippen LogP contribution in [0.2, 0.25) is 0 Å². The molecule has 0 aliphatic carbocycles. The summed E-state index contributed by atoms with van der Waals surface area (Å²) in [6.45, 7) is 5.10. The number of thiazole rings is 1. The van der Waals surface area contributed by atoms with Gasteiger partial charge in [-0.1, -0.05) is 11.3 Å². The predicted molar refractivity (Wildman–Crippen MR) is 90.2 cm³/mol. The molecular weight excluding hydrogens is 312 g/mol. The van der Waals surface area contributed by atoms with E-state index in [1.807, 2.05) is 19.9 Å². The van der Waals surface area contributed by atoms with Gasteiger partial charge in [0.25, 0.3) is 0 Å². The van der Waals surface area contributed by atoms with Gasteiger partial charge in [-0.15, -0.1) is 5.73 Å². The van der Waals surface area contributed by atoms with Crippen molar-refractivity contribution in [1.82, 2.24) is 15.6 Å². The Morgan fingerprint density at radius 3 is 3.13 bits per heavy atom. The number of anilines is 1. The van der Waals surface area contributed by atoms with Crippen LogP contribution in [0, 0.1) is 11.3 Å². The lowest BCUT2D eigenvalue weighted by atomic mass is 10.2. The summed E-state index contributed by atoms with van der Waals surface area (Å²) >= 11 is 1.28. The van der Waals surface area contributed by atoms with Crippen LogP contribution in [0.25, 0.3) is 0 Å². The molecule has 0 saturated carbocycles. The maximum absolute atomic E-state index is 11.1. The molecule has 0 unspecified atom stereocenters. The largest absolute Gasteiger partial charge is 0.354 e. The summed E-state index contributed by atoms with van der Waals surface area (Å²) in [6, 6.07) is 2.22. The topological polar surface area (TPSA) is 102 Å². The second kappa shape index (κ2) is 8.25. The second-order valence-corrected chi connectivity index (χ2v) is 6.15. The predicted octanol–water partition coefficient (Wildman–Crippen LogP) is 1.38. The molecule has 1 amide bonds. The van der Waals surface area contributed by atoms with E-state index in [1.54, 1.807) is 6.20 Å². The zero-order valence-electron chi connectivity index (χ0n) is 13.0. The third-order valence-corrected chi connectivity index (χ3v) is 3.92. The van der Waals surface area contributed by atoms with E-state index >= 15 is 0 Å². The molecule has 2 rings (SSSR count). The first-order valence-corrected chi connectivity index (χ1v) is 7.96. The summed E-state index contributed by atoms with van der Waals surface area (Å²) in [5, 5.41) is 18.5. The normalized spacial score (nSPS) is 17.2. The van der Waals surface area contributed by atoms with E-state index in [4.69, 9.17) is 5.26 Å². The quantitative estimate of drug-likeness (QED) is 0.430. The average molecular weight is 330 g/mol. The monoisotopic (exact) mass is 330 g/mol. The minimum atomic E-state index is 0.0905. The minimum Gasteiger partial charge on any atom is -0.354 e. The fourth-order valence-electron chi connectivity index (χ4n) is 1.91. The van der Waals surface area contributed by atoms with Gasteiger partial charge in [0.2, 0.25) is 5.91 Å². The lowest BCUT2D eigenvalue weighted by molar-refractivity contribution is -0.119. The highest BCUT2D eigenvalue weighted by Crippen LogP contribution is 2.16. The van der Waals surface area contributed by atoms with Crippen LogP contribution in [0.1, 0.15) is 25.1 Å². The maximum Gasteiger partial charge on any atom is 0.221 e. The standard InChI is InChI=1S/C15H18N6OS/c1-10(7-18-12-5-14(22)19-8-12)3-4-17-11(2)21-15-20-9-13(6-16)23-15/h4,9,12,18H,5,7-8H2,1-2H3,(H,19,22)(H,17,20,21)/t3?,12-/m0/s1. The molecule has 2 heterocycles. The van der Waals surface area contributed by atoms with Crippen molar-refractivity contribution in [1.29, 1.82) is 5.26 Å². The van der Waals surface area contributed by atoms with Gasteiger partial charge < -0.3 is 16.0 Å². The number of carbonyl (C=O) groups excluding carboxylic acids is 1. The average Bonchev–Trinajstić information content (AvgIpc) is 3.14. The van der Waals surface area contributed by atoms with Crippen LogP contribution in [0.15, 0.2) is 28.7 Å². The van der Waals surface area contributed by atoms with Crippen LogP contribution in [0.4, 0.5) is 5.13 Å². The van der Waals surface area contributed by atoms with E-state index < -0.39 is 0 Å². The first-order valence-electron chi connectivity index (χ1n) is 7.15. The fraction of sp³-hybridized carbons (Fsp3) is 0.400. The number of amidine groups is 1. The van der Waals surface area contributed by atoms with Gasteiger partial charge in [-0.3, -0.25) is 4.79 Å². The summed E-state index contributed by atoms with van der Waals surface area (Å²) in [6.07, 6.45) is 3.64. The Kier molecular flexibility index (Phi) is 6.06. The molecule has 7 nitrogen and oxygen atoms in total. The number of aliphatic imine (C=N–C) groups is 1. The zero-order chi connectivity index (χ0) is 16.7. The van der Waals surface area contributed by atoms with Gasteiger partial charge in [-0.25, -0.2) is 9.98 Å². The molecule has 1 aliphatic heterocycles. The number of nitrogens with zero attached hydrogens (tertiary/aromatic N) is 3. The Hall–Kier alpha value is -2.46. The molecule has 1 aliphatic rings. The van der Waals surface area contributed by atoms with Crippen LogP contribution >= 0.6 is 11.3 Å². The highest BCUT2D eigenvalue weighted by molar-refractivity contribution is 7.16. The first-order chi connectivity index (χ1) is 11.1.